The van der Waals surface area contributed by atoms with Crippen molar-refractivity contribution in [3.63, 3.8) is 0 Å². The van der Waals surface area contributed by atoms with E-state index in [-0.39, 0.29) is 0 Å². The van der Waals surface area contributed by atoms with Crippen LogP contribution in [0.2, 0.25) is 0 Å². The van der Waals surface area contributed by atoms with Crippen LogP contribution in [0.15, 0.2) is 24.4 Å². The number of anilines is 3. The fourth-order valence-electron chi connectivity index (χ4n) is 2.84. The second-order valence-corrected chi connectivity index (χ2v) is 6.43. The van der Waals surface area contributed by atoms with Crippen molar-refractivity contribution < 1.29 is 13.2 Å². The van der Waals surface area contributed by atoms with Crippen LogP contribution in [0.3, 0.4) is 0 Å². The van der Waals surface area contributed by atoms with Crippen molar-refractivity contribution in [3.05, 3.63) is 35.8 Å². The van der Waals surface area contributed by atoms with Gasteiger partial charge in [-0.05, 0) is 19.1 Å². The Labute approximate surface area is 150 Å². The van der Waals surface area contributed by atoms with Gasteiger partial charge in [-0.3, -0.25) is 4.98 Å². The van der Waals surface area contributed by atoms with E-state index in [1.54, 1.807) is 6.07 Å². The van der Waals surface area contributed by atoms with E-state index >= 15 is 0 Å². The van der Waals surface area contributed by atoms with E-state index in [0.717, 1.165) is 17.6 Å². The van der Waals surface area contributed by atoms with Gasteiger partial charge in [0.25, 0.3) is 0 Å². The van der Waals surface area contributed by atoms with Crippen molar-refractivity contribution in [1.29, 1.82) is 0 Å². The molecule has 2 aromatic heterocycles. The van der Waals surface area contributed by atoms with E-state index in [9.17, 15) is 13.2 Å². The third-order valence-corrected chi connectivity index (χ3v) is 4.25. The molecule has 0 unspecified atom stereocenters. The molecule has 9 heteroatoms. The highest BCUT2D eigenvalue weighted by Crippen LogP contribution is 2.30. The molecule has 1 saturated heterocycles. The van der Waals surface area contributed by atoms with Gasteiger partial charge in [-0.1, -0.05) is 0 Å². The maximum Gasteiger partial charge on any atom is 0.433 e. The normalized spacial score (nSPS) is 15.3. The van der Waals surface area contributed by atoms with E-state index in [0.29, 0.717) is 37.8 Å². The molecule has 1 aliphatic heterocycles. The third kappa shape index (κ3) is 3.97. The van der Waals surface area contributed by atoms with Crippen LogP contribution >= 0.6 is 0 Å². The Morgan fingerprint density at radius 2 is 1.65 bits per heavy atom. The average molecular weight is 366 g/mol. The first kappa shape index (κ1) is 18.2. The standard InChI is InChI=1S/C17H21F3N6/c1-12-10-15(24(2)3)23-16(22-12)26-8-6-25(7-9-26)13-4-5-21-14(11-13)17(18,19)20/h4-5,10-11H,6-9H2,1-3H3. The Bertz CT molecular complexity index is 769. The molecule has 3 heterocycles. The van der Waals surface area contributed by atoms with Gasteiger partial charge < -0.3 is 14.7 Å². The topological polar surface area (TPSA) is 48.4 Å². The Morgan fingerprint density at radius 3 is 2.27 bits per heavy atom. The van der Waals surface area contributed by atoms with Gasteiger partial charge in [0, 0.05) is 63.9 Å². The predicted octanol–water partition coefficient (Wildman–Crippen LogP) is 2.59. The largest absolute Gasteiger partial charge is 0.433 e. The monoisotopic (exact) mass is 366 g/mol. The average Bonchev–Trinajstić information content (AvgIpc) is 2.61. The van der Waals surface area contributed by atoms with Crippen molar-refractivity contribution in [2.24, 2.45) is 0 Å². The summed E-state index contributed by atoms with van der Waals surface area (Å²) in [7, 11) is 3.84. The zero-order valence-electron chi connectivity index (χ0n) is 15.0. The van der Waals surface area contributed by atoms with Crippen LogP contribution in [-0.2, 0) is 6.18 Å². The fraction of sp³-hybridized carbons (Fsp3) is 0.471. The van der Waals surface area contributed by atoms with Crippen molar-refractivity contribution in [3.8, 4) is 0 Å². The summed E-state index contributed by atoms with van der Waals surface area (Å²) in [4.78, 5) is 18.4. The molecule has 0 radical (unpaired) electrons. The van der Waals surface area contributed by atoms with Crippen LogP contribution < -0.4 is 14.7 Å². The molecule has 0 atom stereocenters. The van der Waals surface area contributed by atoms with Gasteiger partial charge in [-0.15, -0.1) is 0 Å². The molecular formula is C17H21F3N6. The lowest BCUT2D eigenvalue weighted by atomic mass is 10.2. The van der Waals surface area contributed by atoms with Crippen LogP contribution in [0.1, 0.15) is 11.4 Å². The molecule has 1 aliphatic rings. The number of pyridine rings is 1. The minimum atomic E-state index is -4.43. The summed E-state index contributed by atoms with van der Waals surface area (Å²) < 4.78 is 38.5. The Morgan fingerprint density at radius 1 is 1.00 bits per heavy atom. The molecule has 0 amide bonds. The summed E-state index contributed by atoms with van der Waals surface area (Å²) >= 11 is 0. The summed E-state index contributed by atoms with van der Waals surface area (Å²) in [5.74, 6) is 1.48. The number of rotatable bonds is 3. The third-order valence-electron chi connectivity index (χ3n) is 4.25. The second kappa shape index (κ2) is 6.97. The number of piperazine rings is 1. The van der Waals surface area contributed by atoms with Crippen molar-refractivity contribution >= 4 is 17.5 Å². The molecule has 140 valence electrons. The highest BCUT2D eigenvalue weighted by molar-refractivity contribution is 5.50. The molecule has 0 spiro atoms. The number of hydrogen-bond donors (Lipinski definition) is 0. The number of hydrogen-bond acceptors (Lipinski definition) is 6. The summed E-state index contributed by atoms with van der Waals surface area (Å²) in [6.07, 6.45) is -3.23. The molecule has 1 fully saturated rings. The van der Waals surface area contributed by atoms with Crippen LogP contribution in [0, 0.1) is 6.92 Å². The molecule has 2 aromatic rings. The first-order valence-corrected chi connectivity index (χ1v) is 8.30. The van der Waals surface area contributed by atoms with Crippen molar-refractivity contribution in [1.82, 2.24) is 15.0 Å². The van der Waals surface area contributed by atoms with Gasteiger partial charge in [0.2, 0.25) is 5.95 Å². The molecule has 0 bridgehead atoms. The van der Waals surface area contributed by atoms with E-state index in [2.05, 4.69) is 19.9 Å². The molecule has 0 aliphatic carbocycles. The maximum absolute atomic E-state index is 12.8. The van der Waals surface area contributed by atoms with Gasteiger partial charge in [0.05, 0.1) is 0 Å². The zero-order valence-corrected chi connectivity index (χ0v) is 15.0. The number of nitrogens with zero attached hydrogens (tertiary/aromatic N) is 6. The molecule has 0 N–H and O–H groups in total. The van der Waals surface area contributed by atoms with Crippen molar-refractivity contribution in [2.45, 2.75) is 13.1 Å². The minimum Gasteiger partial charge on any atom is -0.368 e. The first-order valence-electron chi connectivity index (χ1n) is 8.30. The second-order valence-electron chi connectivity index (χ2n) is 6.43. The van der Waals surface area contributed by atoms with Gasteiger partial charge in [0.15, 0.2) is 0 Å². The molecule has 3 rings (SSSR count). The van der Waals surface area contributed by atoms with Crippen molar-refractivity contribution in [2.75, 3.05) is 55.0 Å². The minimum absolute atomic E-state index is 0.533. The number of alkyl halides is 3. The Kier molecular flexibility index (Phi) is 4.88. The predicted molar refractivity (Wildman–Crippen MR) is 94.8 cm³/mol. The van der Waals surface area contributed by atoms with Gasteiger partial charge >= 0.3 is 6.18 Å². The smallest absolute Gasteiger partial charge is 0.368 e. The van der Waals surface area contributed by atoms with E-state index in [1.807, 2.05) is 36.9 Å². The summed E-state index contributed by atoms with van der Waals surface area (Å²) in [6, 6.07) is 4.62. The molecule has 0 aromatic carbocycles. The summed E-state index contributed by atoms with van der Waals surface area (Å²) in [5.41, 5.74) is 0.547. The molecule has 6 nitrogen and oxygen atoms in total. The van der Waals surface area contributed by atoms with E-state index in [4.69, 9.17) is 0 Å². The lowest BCUT2D eigenvalue weighted by molar-refractivity contribution is -0.141. The quantitative estimate of drug-likeness (QED) is 0.832. The zero-order chi connectivity index (χ0) is 18.9. The fourth-order valence-corrected chi connectivity index (χ4v) is 2.84. The first-order chi connectivity index (χ1) is 12.2. The lowest BCUT2D eigenvalue weighted by Gasteiger charge is -2.36. The van der Waals surface area contributed by atoms with Crippen LogP contribution in [0.25, 0.3) is 0 Å². The number of aryl methyl sites for hydroxylation is 1. The van der Waals surface area contributed by atoms with Gasteiger partial charge in [-0.25, -0.2) is 4.98 Å². The SMILES string of the molecule is Cc1cc(N(C)C)nc(N2CCN(c3ccnc(C(F)(F)F)c3)CC2)n1. The lowest BCUT2D eigenvalue weighted by Crippen LogP contribution is -2.47. The van der Waals surface area contributed by atoms with Crippen LogP contribution in [-0.4, -0.2) is 55.2 Å². The Hall–Kier alpha value is -2.58. The maximum atomic E-state index is 12.8. The van der Waals surface area contributed by atoms with Crippen LogP contribution in [0.5, 0.6) is 0 Å². The highest BCUT2D eigenvalue weighted by Gasteiger charge is 2.33. The van der Waals surface area contributed by atoms with Gasteiger partial charge in [-0.2, -0.15) is 18.2 Å². The molecular weight excluding hydrogens is 345 g/mol. The number of halogens is 3. The molecule has 0 saturated carbocycles. The van der Waals surface area contributed by atoms with E-state index < -0.39 is 11.9 Å². The Balaban J connectivity index is 1.72. The van der Waals surface area contributed by atoms with Crippen LogP contribution in [0.4, 0.5) is 30.6 Å². The number of aromatic nitrogens is 3. The highest BCUT2D eigenvalue weighted by atomic mass is 19.4. The van der Waals surface area contributed by atoms with Gasteiger partial charge in [0.1, 0.15) is 11.5 Å². The van der Waals surface area contributed by atoms with E-state index in [1.165, 1.54) is 6.20 Å². The molecule has 26 heavy (non-hydrogen) atoms. The summed E-state index contributed by atoms with van der Waals surface area (Å²) in [5, 5.41) is 0. The summed E-state index contributed by atoms with van der Waals surface area (Å²) in [6.45, 7) is 4.38.